The number of pyridine rings is 2. The van der Waals surface area contributed by atoms with Crippen LogP contribution in [0.15, 0.2) is 35.2 Å². The molecule has 1 amide bonds. The predicted molar refractivity (Wildman–Crippen MR) is 68.8 cm³/mol. The summed E-state index contributed by atoms with van der Waals surface area (Å²) in [6.45, 7) is 1.75. The summed E-state index contributed by atoms with van der Waals surface area (Å²) in [5.41, 5.74) is 1.14. The molecule has 0 spiro atoms. The van der Waals surface area contributed by atoms with Crippen molar-refractivity contribution in [2.45, 2.75) is 6.92 Å². The molecule has 6 heteroatoms. The maximum absolute atomic E-state index is 13.4. The van der Waals surface area contributed by atoms with Crippen LogP contribution >= 0.6 is 15.9 Å². The Labute approximate surface area is 111 Å². The van der Waals surface area contributed by atoms with Gasteiger partial charge in [-0.05, 0) is 41.1 Å². The Hall–Kier alpha value is -1.82. The van der Waals surface area contributed by atoms with Crippen LogP contribution in [-0.2, 0) is 0 Å². The normalized spacial score (nSPS) is 10.2. The highest BCUT2D eigenvalue weighted by atomic mass is 79.9. The molecule has 2 aromatic heterocycles. The molecule has 1 N–H and O–H groups in total. The van der Waals surface area contributed by atoms with Crippen molar-refractivity contribution in [3.8, 4) is 0 Å². The number of amides is 1. The van der Waals surface area contributed by atoms with Gasteiger partial charge in [0.1, 0.15) is 4.60 Å². The SMILES string of the molecule is Cc1nc(Br)ccc1NC(=O)c1ccncc1F. The number of nitrogens with one attached hydrogen (secondary N) is 1. The second-order valence-electron chi connectivity index (χ2n) is 3.58. The van der Waals surface area contributed by atoms with E-state index in [2.05, 4.69) is 31.2 Å². The van der Waals surface area contributed by atoms with Crippen LogP contribution in [0.5, 0.6) is 0 Å². The largest absolute Gasteiger partial charge is 0.320 e. The minimum atomic E-state index is -0.655. The van der Waals surface area contributed by atoms with Gasteiger partial charge >= 0.3 is 0 Å². The Morgan fingerprint density at radius 2 is 2.17 bits per heavy atom. The molecule has 0 fully saturated rings. The van der Waals surface area contributed by atoms with Gasteiger partial charge in [0.15, 0.2) is 5.82 Å². The average Bonchev–Trinajstić information content (AvgIpc) is 2.33. The van der Waals surface area contributed by atoms with Crippen molar-refractivity contribution >= 4 is 27.5 Å². The van der Waals surface area contributed by atoms with Gasteiger partial charge in [0, 0.05) is 6.20 Å². The lowest BCUT2D eigenvalue weighted by Gasteiger charge is -2.08. The molecule has 0 unspecified atom stereocenters. The zero-order chi connectivity index (χ0) is 13.1. The minimum absolute atomic E-state index is 0.0488. The first-order valence-corrected chi connectivity index (χ1v) is 5.91. The van der Waals surface area contributed by atoms with Gasteiger partial charge in [-0.3, -0.25) is 9.78 Å². The fraction of sp³-hybridized carbons (Fsp3) is 0.0833. The van der Waals surface area contributed by atoms with Crippen LogP contribution in [0.1, 0.15) is 16.1 Å². The third-order valence-electron chi connectivity index (χ3n) is 2.32. The topological polar surface area (TPSA) is 54.9 Å². The number of aryl methyl sites for hydroxylation is 1. The summed E-state index contributed by atoms with van der Waals surface area (Å²) < 4.78 is 14.0. The number of halogens is 2. The number of rotatable bonds is 2. The highest BCUT2D eigenvalue weighted by Gasteiger charge is 2.12. The van der Waals surface area contributed by atoms with Gasteiger partial charge in [-0.1, -0.05) is 0 Å². The van der Waals surface area contributed by atoms with Gasteiger partial charge in [-0.2, -0.15) is 0 Å². The molecule has 0 saturated heterocycles. The van der Waals surface area contributed by atoms with E-state index in [1.807, 2.05) is 0 Å². The standard InChI is InChI=1S/C12H9BrFN3O/c1-7-10(2-3-11(13)16-7)17-12(18)8-4-5-15-6-9(8)14/h2-6H,1H3,(H,17,18). The molecule has 2 aromatic rings. The lowest BCUT2D eigenvalue weighted by molar-refractivity contribution is 0.102. The predicted octanol–water partition coefficient (Wildman–Crippen LogP) is 2.94. The number of hydrogen-bond donors (Lipinski definition) is 1. The third-order valence-corrected chi connectivity index (χ3v) is 2.76. The molecule has 0 aliphatic heterocycles. The summed E-state index contributed by atoms with van der Waals surface area (Å²) in [6, 6.07) is 4.72. The van der Waals surface area contributed by atoms with E-state index < -0.39 is 11.7 Å². The second kappa shape index (κ2) is 5.22. The lowest BCUT2D eigenvalue weighted by Crippen LogP contribution is -2.15. The number of carbonyl (C=O) groups excluding carboxylic acids is 1. The maximum atomic E-state index is 13.4. The van der Waals surface area contributed by atoms with Crippen LogP contribution in [-0.4, -0.2) is 15.9 Å². The first-order chi connectivity index (χ1) is 8.58. The number of hydrogen-bond acceptors (Lipinski definition) is 3. The van der Waals surface area contributed by atoms with Crippen LogP contribution in [0.4, 0.5) is 10.1 Å². The molecule has 0 aliphatic carbocycles. The zero-order valence-corrected chi connectivity index (χ0v) is 11.0. The summed E-state index contributed by atoms with van der Waals surface area (Å²) in [4.78, 5) is 19.6. The molecule has 4 nitrogen and oxygen atoms in total. The highest BCUT2D eigenvalue weighted by Crippen LogP contribution is 2.17. The summed E-state index contributed by atoms with van der Waals surface area (Å²) in [7, 11) is 0. The van der Waals surface area contributed by atoms with E-state index in [-0.39, 0.29) is 5.56 Å². The Bertz CT molecular complexity index is 604. The fourth-order valence-corrected chi connectivity index (χ4v) is 1.81. The molecule has 0 atom stereocenters. The van der Waals surface area contributed by atoms with E-state index in [0.717, 1.165) is 6.20 Å². The molecule has 18 heavy (non-hydrogen) atoms. The van der Waals surface area contributed by atoms with Gasteiger partial charge in [-0.15, -0.1) is 0 Å². The molecular weight excluding hydrogens is 301 g/mol. The molecule has 0 aliphatic rings. The molecule has 0 aromatic carbocycles. The molecule has 0 bridgehead atoms. The number of aromatic nitrogens is 2. The van der Waals surface area contributed by atoms with Gasteiger partial charge in [0.05, 0.1) is 23.1 Å². The van der Waals surface area contributed by atoms with Gasteiger partial charge in [-0.25, -0.2) is 9.37 Å². The van der Waals surface area contributed by atoms with Gasteiger partial charge in [0.25, 0.3) is 5.91 Å². The van der Waals surface area contributed by atoms with Gasteiger partial charge in [0.2, 0.25) is 0 Å². The minimum Gasteiger partial charge on any atom is -0.320 e. The van der Waals surface area contributed by atoms with Crippen molar-refractivity contribution in [1.29, 1.82) is 0 Å². The quantitative estimate of drug-likeness (QED) is 0.868. The Morgan fingerprint density at radius 3 is 2.83 bits per heavy atom. The monoisotopic (exact) mass is 309 g/mol. The summed E-state index contributed by atoms with van der Waals surface area (Å²) in [5, 5.41) is 2.60. The average molecular weight is 310 g/mol. The summed E-state index contributed by atoms with van der Waals surface area (Å²) >= 11 is 3.23. The van der Waals surface area contributed by atoms with Crippen molar-refractivity contribution < 1.29 is 9.18 Å². The van der Waals surface area contributed by atoms with Crippen molar-refractivity contribution in [1.82, 2.24) is 9.97 Å². The smallest absolute Gasteiger partial charge is 0.258 e. The first kappa shape index (κ1) is 12.6. The van der Waals surface area contributed by atoms with E-state index >= 15 is 0 Å². The van der Waals surface area contributed by atoms with Crippen LogP contribution in [0, 0.1) is 12.7 Å². The van der Waals surface area contributed by atoms with Crippen LogP contribution < -0.4 is 5.32 Å². The van der Waals surface area contributed by atoms with Crippen molar-refractivity contribution in [2.24, 2.45) is 0 Å². The summed E-state index contributed by atoms with van der Waals surface area (Å²) in [5.74, 6) is -1.18. The van der Waals surface area contributed by atoms with E-state index in [0.29, 0.717) is 16.0 Å². The van der Waals surface area contributed by atoms with E-state index in [9.17, 15) is 9.18 Å². The van der Waals surface area contributed by atoms with Crippen LogP contribution in [0.2, 0.25) is 0 Å². The van der Waals surface area contributed by atoms with Crippen molar-refractivity contribution in [2.75, 3.05) is 5.32 Å². The maximum Gasteiger partial charge on any atom is 0.258 e. The van der Waals surface area contributed by atoms with E-state index in [1.165, 1.54) is 12.3 Å². The summed E-state index contributed by atoms with van der Waals surface area (Å²) in [6.07, 6.45) is 2.37. The number of nitrogens with zero attached hydrogens (tertiary/aromatic N) is 2. The molecule has 92 valence electrons. The van der Waals surface area contributed by atoms with Crippen molar-refractivity contribution in [3.63, 3.8) is 0 Å². The molecule has 2 rings (SSSR count). The van der Waals surface area contributed by atoms with Gasteiger partial charge < -0.3 is 5.32 Å². The zero-order valence-electron chi connectivity index (χ0n) is 9.45. The first-order valence-electron chi connectivity index (χ1n) is 5.12. The number of anilines is 1. The second-order valence-corrected chi connectivity index (χ2v) is 4.39. The van der Waals surface area contributed by atoms with E-state index in [1.54, 1.807) is 19.1 Å². The molecule has 0 radical (unpaired) electrons. The third kappa shape index (κ3) is 2.70. The molecular formula is C12H9BrFN3O. The van der Waals surface area contributed by atoms with Crippen molar-refractivity contribution in [3.05, 3.63) is 52.3 Å². The van der Waals surface area contributed by atoms with E-state index in [4.69, 9.17) is 0 Å². The number of carbonyl (C=O) groups is 1. The molecule has 2 heterocycles. The van der Waals surface area contributed by atoms with Crippen LogP contribution in [0.3, 0.4) is 0 Å². The fourth-order valence-electron chi connectivity index (χ4n) is 1.41. The Kier molecular flexibility index (Phi) is 3.66. The van der Waals surface area contributed by atoms with Crippen LogP contribution in [0.25, 0.3) is 0 Å². The lowest BCUT2D eigenvalue weighted by atomic mass is 10.2. The highest BCUT2D eigenvalue weighted by molar-refractivity contribution is 9.10. The Morgan fingerprint density at radius 1 is 1.39 bits per heavy atom. The Balaban J connectivity index is 2.24. The molecule has 0 saturated carbocycles.